The molecule has 0 spiro atoms. The molecule has 0 bridgehead atoms. The van der Waals surface area contributed by atoms with Gasteiger partial charge in [-0.1, -0.05) is 18.2 Å². The number of aromatic nitrogens is 3. The summed E-state index contributed by atoms with van der Waals surface area (Å²) in [5, 5.41) is 10.2. The van der Waals surface area contributed by atoms with Crippen LogP contribution in [0.5, 0.6) is 0 Å². The van der Waals surface area contributed by atoms with Crippen molar-refractivity contribution in [2.45, 2.75) is 13.1 Å². The van der Waals surface area contributed by atoms with Gasteiger partial charge in [0.2, 0.25) is 4.77 Å². The highest BCUT2D eigenvalue weighted by molar-refractivity contribution is 7.71. The van der Waals surface area contributed by atoms with Crippen LogP contribution < -0.4 is 0 Å². The Morgan fingerprint density at radius 2 is 2.05 bits per heavy atom. The Bertz CT molecular complexity index is 669. The van der Waals surface area contributed by atoms with E-state index < -0.39 is 11.7 Å². The summed E-state index contributed by atoms with van der Waals surface area (Å²) in [6, 6.07) is 5.18. The van der Waals surface area contributed by atoms with Gasteiger partial charge in [-0.25, -0.2) is 0 Å². The van der Waals surface area contributed by atoms with Gasteiger partial charge in [0.15, 0.2) is 0 Å². The fraction of sp³-hybridized carbons (Fsp3) is 0.182. The molecule has 2 rings (SSSR count). The predicted molar refractivity (Wildman–Crippen MR) is 66.6 cm³/mol. The summed E-state index contributed by atoms with van der Waals surface area (Å²) in [6.07, 6.45) is -3.31. The quantitative estimate of drug-likeness (QED) is 0.681. The number of H-pyrrole nitrogens is 1. The van der Waals surface area contributed by atoms with Gasteiger partial charge < -0.3 is 0 Å². The molecular weight excluding hydrogens is 277 g/mol. The van der Waals surface area contributed by atoms with Crippen LogP contribution in [0.3, 0.4) is 0 Å². The first-order chi connectivity index (χ1) is 8.89. The molecule has 1 aromatic carbocycles. The lowest BCUT2D eigenvalue weighted by atomic mass is 10.1. The maximum atomic E-state index is 12.8. The molecule has 0 aliphatic carbocycles. The van der Waals surface area contributed by atoms with E-state index >= 15 is 0 Å². The fourth-order valence-electron chi connectivity index (χ4n) is 1.49. The number of halogens is 3. The third-order valence-corrected chi connectivity index (χ3v) is 2.65. The number of alkyl halides is 3. The van der Waals surface area contributed by atoms with E-state index in [-0.39, 0.29) is 10.3 Å². The van der Waals surface area contributed by atoms with Crippen LogP contribution >= 0.6 is 12.2 Å². The van der Waals surface area contributed by atoms with Crippen LogP contribution in [0.2, 0.25) is 0 Å². The Morgan fingerprint density at radius 1 is 1.37 bits per heavy atom. The molecule has 1 heterocycles. The van der Waals surface area contributed by atoms with Crippen LogP contribution in [0.1, 0.15) is 17.0 Å². The average Bonchev–Trinajstić information content (AvgIpc) is 2.66. The Hall–Kier alpha value is -1.96. The number of aryl methyl sites for hydroxylation is 1. The summed E-state index contributed by atoms with van der Waals surface area (Å²) in [7, 11) is 0. The van der Waals surface area contributed by atoms with Gasteiger partial charge in [0.05, 0.1) is 11.8 Å². The average molecular weight is 286 g/mol. The normalized spacial score (nSPS) is 12.2. The number of benzene rings is 1. The zero-order chi connectivity index (χ0) is 14.0. The number of hydrogen-bond acceptors (Lipinski definition) is 3. The minimum atomic E-state index is -4.42. The summed E-state index contributed by atoms with van der Waals surface area (Å²) in [5.74, 6) is 0.464. The monoisotopic (exact) mass is 286 g/mol. The van der Waals surface area contributed by atoms with E-state index in [0.29, 0.717) is 5.82 Å². The van der Waals surface area contributed by atoms with Gasteiger partial charge in [-0.3, -0.25) is 5.10 Å². The third kappa shape index (κ3) is 2.90. The van der Waals surface area contributed by atoms with Gasteiger partial charge in [0, 0.05) is 5.56 Å². The summed E-state index contributed by atoms with van der Waals surface area (Å²) >= 11 is 4.90. The third-order valence-electron chi connectivity index (χ3n) is 2.39. The topological polar surface area (TPSA) is 46.0 Å². The SMILES string of the molecule is Cc1n[nH]c(=S)n1N=Cc1ccccc1C(F)(F)F. The van der Waals surface area contributed by atoms with Crippen LogP contribution in [-0.2, 0) is 6.18 Å². The molecule has 100 valence electrons. The maximum absolute atomic E-state index is 12.8. The van der Waals surface area contributed by atoms with Crippen molar-refractivity contribution in [3.8, 4) is 0 Å². The zero-order valence-corrected chi connectivity index (χ0v) is 10.6. The number of aromatic amines is 1. The van der Waals surface area contributed by atoms with E-state index in [1.54, 1.807) is 6.92 Å². The standard InChI is InChI=1S/C11H9F3N4S/c1-7-16-17-10(19)18(7)15-6-8-4-2-3-5-9(8)11(12,13)14/h2-6H,1H3,(H,17,19). The molecule has 8 heteroatoms. The number of hydrogen-bond donors (Lipinski definition) is 1. The van der Waals surface area contributed by atoms with Crippen molar-refractivity contribution in [3.05, 3.63) is 46.0 Å². The first-order valence-electron chi connectivity index (χ1n) is 5.24. The van der Waals surface area contributed by atoms with Crippen LogP contribution in [0.25, 0.3) is 0 Å². The zero-order valence-electron chi connectivity index (χ0n) is 9.77. The van der Waals surface area contributed by atoms with E-state index in [0.717, 1.165) is 12.3 Å². The first kappa shape index (κ1) is 13.5. The van der Waals surface area contributed by atoms with E-state index in [1.807, 2.05) is 0 Å². The highest BCUT2D eigenvalue weighted by Crippen LogP contribution is 2.31. The van der Waals surface area contributed by atoms with Crippen molar-refractivity contribution in [3.63, 3.8) is 0 Å². The molecular formula is C11H9F3N4S. The Morgan fingerprint density at radius 3 is 2.63 bits per heavy atom. The van der Waals surface area contributed by atoms with E-state index in [9.17, 15) is 13.2 Å². The highest BCUT2D eigenvalue weighted by Gasteiger charge is 2.32. The van der Waals surface area contributed by atoms with Gasteiger partial charge >= 0.3 is 6.18 Å². The fourth-order valence-corrected chi connectivity index (χ4v) is 1.72. The lowest BCUT2D eigenvalue weighted by Gasteiger charge is -2.09. The van der Waals surface area contributed by atoms with Gasteiger partial charge in [0.1, 0.15) is 5.82 Å². The molecule has 0 radical (unpaired) electrons. The first-order valence-corrected chi connectivity index (χ1v) is 5.65. The van der Waals surface area contributed by atoms with E-state index in [1.165, 1.54) is 22.9 Å². The van der Waals surface area contributed by atoms with Gasteiger partial charge in [-0.2, -0.15) is 28.0 Å². The van der Waals surface area contributed by atoms with Crippen LogP contribution in [0, 0.1) is 11.7 Å². The van der Waals surface area contributed by atoms with Crippen molar-refractivity contribution in [2.24, 2.45) is 5.10 Å². The molecule has 0 unspecified atom stereocenters. The number of nitrogens with zero attached hydrogens (tertiary/aromatic N) is 3. The van der Waals surface area contributed by atoms with Gasteiger partial charge in [-0.05, 0) is 25.2 Å². The molecule has 1 aromatic heterocycles. The molecule has 0 aliphatic heterocycles. The van der Waals surface area contributed by atoms with Gasteiger partial charge in [-0.15, -0.1) is 0 Å². The Balaban J connectivity index is 2.43. The summed E-state index contributed by atoms with van der Waals surface area (Å²) in [4.78, 5) is 0. The lowest BCUT2D eigenvalue weighted by molar-refractivity contribution is -0.137. The maximum Gasteiger partial charge on any atom is 0.417 e. The minimum absolute atomic E-state index is 0.0301. The van der Waals surface area contributed by atoms with Crippen molar-refractivity contribution < 1.29 is 13.2 Å². The molecule has 2 aromatic rings. The van der Waals surface area contributed by atoms with Crippen LogP contribution in [0.4, 0.5) is 13.2 Å². The second-order valence-corrected chi connectivity index (χ2v) is 4.10. The van der Waals surface area contributed by atoms with Crippen molar-refractivity contribution >= 4 is 18.4 Å². The molecule has 0 fully saturated rings. The smallest absolute Gasteiger partial charge is 0.250 e. The molecule has 0 saturated heterocycles. The van der Waals surface area contributed by atoms with Crippen LogP contribution in [-0.4, -0.2) is 21.1 Å². The number of nitrogens with one attached hydrogen (secondary N) is 1. The molecule has 0 atom stereocenters. The van der Waals surface area contributed by atoms with Gasteiger partial charge in [0.25, 0.3) is 0 Å². The summed E-state index contributed by atoms with van der Waals surface area (Å²) in [5.41, 5.74) is -0.774. The van der Waals surface area contributed by atoms with E-state index in [4.69, 9.17) is 12.2 Å². The Labute approximate surface area is 111 Å². The molecule has 0 saturated carbocycles. The van der Waals surface area contributed by atoms with Crippen molar-refractivity contribution in [2.75, 3.05) is 0 Å². The minimum Gasteiger partial charge on any atom is -0.250 e. The second-order valence-electron chi connectivity index (χ2n) is 3.72. The Kier molecular flexibility index (Phi) is 3.52. The van der Waals surface area contributed by atoms with E-state index in [2.05, 4.69) is 15.3 Å². The largest absolute Gasteiger partial charge is 0.417 e. The second kappa shape index (κ2) is 4.96. The number of rotatable bonds is 2. The lowest BCUT2D eigenvalue weighted by Crippen LogP contribution is -2.09. The summed E-state index contributed by atoms with van der Waals surface area (Å²) in [6.45, 7) is 1.64. The van der Waals surface area contributed by atoms with Crippen molar-refractivity contribution in [1.82, 2.24) is 14.9 Å². The molecule has 0 amide bonds. The predicted octanol–water partition coefficient (Wildman–Crippen LogP) is 3.15. The highest BCUT2D eigenvalue weighted by atomic mass is 32.1. The molecule has 0 aliphatic rings. The molecule has 4 nitrogen and oxygen atoms in total. The molecule has 19 heavy (non-hydrogen) atoms. The summed E-state index contributed by atoms with van der Waals surface area (Å²) < 4.78 is 39.8. The van der Waals surface area contributed by atoms with Crippen molar-refractivity contribution in [1.29, 1.82) is 0 Å². The van der Waals surface area contributed by atoms with Crippen LogP contribution in [0.15, 0.2) is 29.4 Å². The molecule has 1 N–H and O–H groups in total.